The van der Waals surface area contributed by atoms with Crippen LogP contribution in [0.25, 0.3) is 0 Å². The third-order valence-corrected chi connectivity index (χ3v) is 3.55. The first-order valence-electron chi connectivity index (χ1n) is 7.53. The van der Waals surface area contributed by atoms with Crippen molar-refractivity contribution in [1.29, 1.82) is 0 Å². The number of carbonyl (C=O) groups is 2. The summed E-state index contributed by atoms with van der Waals surface area (Å²) in [6.45, 7) is 1.22. The molecule has 0 bridgehead atoms. The van der Waals surface area contributed by atoms with Crippen molar-refractivity contribution < 1.29 is 23.1 Å². The lowest BCUT2D eigenvalue weighted by Gasteiger charge is -2.21. The highest BCUT2D eigenvalue weighted by atomic mass is 19.2. The van der Waals surface area contributed by atoms with Crippen LogP contribution in [0.1, 0.15) is 12.5 Å². The van der Waals surface area contributed by atoms with Crippen molar-refractivity contribution in [3.8, 4) is 5.75 Å². The maximum atomic E-state index is 13.3. The number of halogens is 2. The third-order valence-electron chi connectivity index (χ3n) is 3.55. The molecule has 5 nitrogen and oxygen atoms in total. The fraction of sp³-hybridized carbons (Fsp3) is 0.222. The van der Waals surface area contributed by atoms with Gasteiger partial charge in [-0.15, -0.1) is 0 Å². The normalized spacial score (nSPS) is 10.2. The van der Waals surface area contributed by atoms with Gasteiger partial charge in [0.05, 0.1) is 7.11 Å². The molecule has 0 atom stereocenters. The minimum absolute atomic E-state index is 0.117. The van der Waals surface area contributed by atoms with Crippen LogP contribution in [0.3, 0.4) is 0 Å². The lowest BCUT2D eigenvalue weighted by atomic mass is 10.2. The molecule has 0 radical (unpaired) electrons. The molecular weight excluding hydrogens is 330 g/mol. The van der Waals surface area contributed by atoms with Gasteiger partial charge in [-0.05, 0) is 29.8 Å². The van der Waals surface area contributed by atoms with Gasteiger partial charge in [0.15, 0.2) is 11.6 Å². The molecule has 2 amide bonds. The summed E-state index contributed by atoms with van der Waals surface area (Å²) in [6.07, 6.45) is 0. The van der Waals surface area contributed by atoms with Crippen LogP contribution in [0, 0.1) is 11.6 Å². The number of hydrogen-bond acceptors (Lipinski definition) is 3. The highest BCUT2D eigenvalue weighted by Gasteiger charge is 2.17. The number of nitrogens with zero attached hydrogens (tertiary/aromatic N) is 1. The summed E-state index contributed by atoms with van der Waals surface area (Å²) in [7, 11) is 1.56. The summed E-state index contributed by atoms with van der Waals surface area (Å²) in [5.74, 6) is -2.27. The predicted octanol–water partition coefficient (Wildman–Crippen LogP) is 2.64. The molecule has 25 heavy (non-hydrogen) atoms. The van der Waals surface area contributed by atoms with Gasteiger partial charge in [0.25, 0.3) is 0 Å². The summed E-state index contributed by atoms with van der Waals surface area (Å²) < 4.78 is 31.4. The molecule has 7 heteroatoms. The number of amides is 2. The van der Waals surface area contributed by atoms with Gasteiger partial charge in [0, 0.05) is 25.2 Å². The van der Waals surface area contributed by atoms with Gasteiger partial charge < -0.3 is 15.0 Å². The second-order valence-corrected chi connectivity index (χ2v) is 5.33. The minimum atomic E-state index is -1.08. The summed E-state index contributed by atoms with van der Waals surface area (Å²) >= 11 is 0. The Labute approximate surface area is 144 Å². The highest BCUT2D eigenvalue weighted by molar-refractivity contribution is 5.97. The molecule has 132 valence electrons. The van der Waals surface area contributed by atoms with E-state index in [1.165, 1.54) is 13.0 Å². The Kier molecular flexibility index (Phi) is 6.05. The average molecular weight is 348 g/mol. The number of carbonyl (C=O) groups excluding carboxylic acids is 2. The van der Waals surface area contributed by atoms with Gasteiger partial charge >= 0.3 is 0 Å². The SMILES string of the molecule is COc1ccc(CNC(=O)CN(C(C)=O)c2ccc(F)c(F)c2)cc1. The predicted molar refractivity (Wildman–Crippen MR) is 89.2 cm³/mol. The van der Waals surface area contributed by atoms with Crippen molar-refractivity contribution in [2.45, 2.75) is 13.5 Å². The topological polar surface area (TPSA) is 58.6 Å². The Morgan fingerprint density at radius 2 is 1.76 bits per heavy atom. The molecule has 0 aliphatic carbocycles. The monoisotopic (exact) mass is 348 g/mol. The number of benzene rings is 2. The third kappa shape index (κ3) is 5.00. The van der Waals surface area contributed by atoms with E-state index >= 15 is 0 Å². The summed E-state index contributed by atoms with van der Waals surface area (Å²) in [6, 6.07) is 10.2. The van der Waals surface area contributed by atoms with Crippen molar-refractivity contribution in [2.75, 3.05) is 18.6 Å². The first-order chi connectivity index (χ1) is 11.9. The Morgan fingerprint density at radius 3 is 2.32 bits per heavy atom. The number of nitrogens with one attached hydrogen (secondary N) is 1. The van der Waals surface area contributed by atoms with E-state index in [1.807, 2.05) is 0 Å². The van der Waals surface area contributed by atoms with E-state index in [1.54, 1.807) is 31.4 Å². The molecule has 2 rings (SSSR count). The molecule has 0 unspecified atom stereocenters. The van der Waals surface area contributed by atoms with Crippen LogP contribution in [0.5, 0.6) is 5.75 Å². The Hall–Kier alpha value is -2.96. The molecule has 0 saturated heterocycles. The number of methoxy groups -OCH3 is 1. The van der Waals surface area contributed by atoms with E-state index in [0.29, 0.717) is 5.75 Å². The van der Waals surface area contributed by atoms with E-state index in [2.05, 4.69) is 5.32 Å². The fourth-order valence-corrected chi connectivity index (χ4v) is 2.18. The highest BCUT2D eigenvalue weighted by Crippen LogP contribution is 2.18. The standard InChI is InChI=1S/C18H18F2N2O3/c1-12(23)22(14-5-8-16(19)17(20)9-14)11-18(24)21-10-13-3-6-15(25-2)7-4-13/h3-9H,10-11H2,1-2H3,(H,21,24). The van der Waals surface area contributed by atoms with Gasteiger partial charge in [0.1, 0.15) is 12.3 Å². The van der Waals surface area contributed by atoms with E-state index in [0.717, 1.165) is 22.6 Å². The lowest BCUT2D eigenvalue weighted by molar-refractivity contribution is -0.123. The summed E-state index contributed by atoms with van der Waals surface area (Å²) in [5.41, 5.74) is 0.974. The molecule has 2 aromatic carbocycles. The van der Waals surface area contributed by atoms with Gasteiger partial charge in [-0.3, -0.25) is 9.59 Å². The van der Waals surface area contributed by atoms with Crippen LogP contribution < -0.4 is 15.0 Å². The maximum absolute atomic E-state index is 13.3. The molecule has 0 aliphatic heterocycles. The molecule has 0 fully saturated rings. The molecule has 2 aromatic rings. The van der Waals surface area contributed by atoms with E-state index in [-0.39, 0.29) is 18.8 Å². The summed E-state index contributed by atoms with van der Waals surface area (Å²) in [4.78, 5) is 24.9. The van der Waals surface area contributed by atoms with Crippen molar-refractivity contribution in [3.05, 3.63) is 59.7 Å². The molecule has 0 heterocycles. The van der Waals surface area contributed by atoms with Crippen LogP contribution in [0.15, 0.2) is 42.5 Å². The maximum Gasteiger partial charge on any atom is 0.240 e. The molecule has 1 N–H and O–H groups in total. The molecule has 0 aromatic heterocycles. The van der Waals surface area contributed by atoms with E-state index < -0.39 is 23.4 Å². The summed E-state index contributed by atoms with van der Waals surface area (Å²) in [5, 5.41) is 2.68. The largest absolute Gasteiger partial charge is 0.497 e. The van der Waals surface area contributed by atoms with Gasteiger partial charge in [-0.25, -0.2) is 8.78 Å². The van der Waals surface area contributed by atoms with Crippen LogP contribution in [0.2, 0.25) is 0 Å². The fourth-order valence-electron chi connectivity index (χ4n) is 2.18. The van der Waals surface area contributed by atoms with Gasteiger partial charge in [-0.2, -0.15) is 0 Å². The van der Waals surface area contributed by atoms with E-state index in [9.17, 15) is 18.4 Å². The molecule has 0 spiro atoms. The van der Waals surface area contributed by atoms with Crippen LogP contribution >= 0.6 is 0 Å². The average Bonchev–Trinajstić information content (AvgIpc) is 2.60. The molecule has 0 aliphatic rings. The van der Waals surface area contributed by atoms with Crippen molar-refractivity contribution in [3.63, 3.8) is 0 Å². The quantitative estimate of drug-likeness (QED) is 0.873. The lowest BCUT2D eigenvalue weighted by Crippen LogP contribution is -2.39. The number of anilines is 1. The Morgan fingerprint density at radius 1 is 1.08 bits per heavy atom. The first kappa shape index (κ1) is 18.4. The first-order valence-corrected chi connectivity index (χ1v) is 7.53. The van der Waals surface area contributed by atoms with Gasteiger partial charge in [-0.1, -0.05) is 12.1 Å². The molecular formula is C18H18F2N2O3. The van der Waals surface area contributed by atoms with Crippen molar-refractivity contribution >= 4 is 17.5 Å². The Bertz CT molecular complexity index is 763. The second kappa shape index (κ2) is 8.23. The van der Waals surface area contributed by atoms with Crippen LogP contribution in [0.4, 0.5) is 14.5 Å². The minimum Gasteiger partial charge on any atom is -0.497 e. The van der Waals surface area contributed by atoms with Crippen molar-refractivity contribution in [1.82, 2.24) is 5.32 Å². The second-order valence-electron chi connectivity index (χ2n) is 5.33. The number of rotatable bonds is 6. The zero-order chi connectivity index (χ0) is 18.4. The number of hydrogen-bond donors (Lipinski definition) is 1. The smallest absolute Gasteiger partial charge is 0.240 e. The van der Waals surface area contributed by atoms with Crippen LogP contribution in [-0.2, 0) is 16.1 Å². The Balaban J connectivity index is 1.99. The van der Waals surface area contributed by atoms with Crippen molar-refractivity contribution in [2.24, 2.45) is 0 Å². The van der Waals surface area contributed by atoms with Crippen LogP contribution in [-0.4, -0.2) is 25.5 Å². The number of ether oxygens (including phenoxy) is 1. The van der Waals surface area contributed by atoms with E-state index in [4.69, 9.17) is 4.74 Å². The zero-order valence-electron chi connectivity index (χ0n) is 13.9. The zero-order valence-corrected chi connectivity index (χ0v) is 13.9. The van der Waals surface area contributed by atoms with Gasteiger partial charge in [0.2, 0.25) is 11.8 Å². The molecule has 0 saturated carbocycles.